The van der Waals surface area contributed by atoms with Gasteiger partial charge in [0.2, 0.25) is 11.7 Å². The molecule has 8 heteroatoms. The van der Waals surface area contributed by atoms with Gasteiger partial charge in [0.05, 0.1) is 12.0 Å². The van der Waals surface area contributed by atoms with Crippen LogP contribution in [0.15, 0.2) is 16.7 Å². The Morgan fingerprint density at radius 1 is 1.39 bits per heavy atom. The Bertz CT molecular complexity index is 695. The first kappa shape index (κ1) is 17.1. The van der Waals surface area contributed by atoms with Crippen molar-refractivity contribution in [1.82, 2.24) is 5.16 Å². The maximum atomic E-state index is 12.9. The Labute approximate surface area is 130 Å². The third-order valence-electron chi connectivity index (χ3n) is 3.30. The molecule has 0 fully saturated rings. The number of carbonyl (C=O) groups is 1. The van der Waals surface area contributed by atoms with E-state index in [9.17, 15) is 18.0 Å². The Morgan fingerprint density at radius 3 is 2.74 bits per heavy atom. The van der Waals surface area contributed by atoms with Gasteiger partial charge in [-0.3, -0.25) is 4.79 Å². The van der Waals surface area contributed by atoms with Gasteiger partial charge in [0, 0.05) is 12.0 Å². The van der Waals surface area contributed by atoms with Crippen molar-refractivity contribution in [2.75, 3.05) is 6.61 Å². The third-order valence-corrected chi connectivity index (χ3v) is 3.30. The van der Waals surface area contributed by atoms with Crippen LogP contribution in [0.5, 0.6) is 5.75 Å². The molecular formula is C15H17F3N2O3. The number of primary amides is 1. The molecule has 2 rings (SSSR count). The number of amides is 1. The van der Waals surface area contributed by atoms with Gasteiger partial charge < -0.3 is 15.0 Å². The second-order valence-electron chi connectivity index (χ2n) is 5.12. The molecule has 0 aliphatic heterocycles. The summed E-state index contributed by atoms with van der Waals surface area (Å²) >= 11 is 0. The highest BCUT2D eigenvalue weighted by molar-refractivity contribution is 5.86. The summed E-state index contributed by atoms with van der Waals surface area (Å²) in [6.07, 6.45) is -2.75. The smallest absolute Gasteiger partial charge is 0.453 e. The largest absolute Gasteiger partial charge is 0.493 e. The summed E-state index contributed by atoms with van der Waals surface area (Å²) in [7, 11) is 0. The quantitative estimate of drug-likeness (QED) is 0.789. The van der Waals surface area contributed by atoms with Crippen molar-refractivity contribution in [3.05, 3.63) is 23.5 Å². The summed E-state index contributed by atoms with van der Waals surface area (Å²) < 4.78 is 48.7. The Kier molecular flexibility index (Phi) is 5.12. The summed E-state index contributed by atoms with van der Waals surface area (Å²) in [6.45, 7) is 2.15. The molecule has 0 saturated heterocycles. The van der Waals surface area contributed by atoms with E-state index in [0.717, 1.165) is 0 Å². The molecule has 126 valence electrons. The highest BCUT2D eigenvalue weighted by Gasteiger charge is 2.38. The van der Waals surface area contributed by atoms with Crippen molar-refractivity contribution in [2.45, 2.75) is 38.8 Å². The molecule has 0 unspecified atom stereocenters. The molecule has 1 aromatic heterocycles. The molecule has 0 bridgehead atoms. The van der Waals surface area contributed by atoms with Crippen molar-refractivity contribution in [3.8, 4) is 5.75 Å². The van der Waals surface area contributed by atoms with Gasteiger partial charge in [-0.25, -0.2) is 0 Å². The van der Waals surface area contributed by atoms with Crippen LogP contribution >= 0.6 is 0 Å². The van der Waals surface area contributed by atoms with E-state index < -0.39 is 17.8 Å². The number of hydrogen-bond donors (Lipinski definition) is 1. The molecule has 1 aromatic carbocycles. The van der Waals surface area contributed by atoms with Gasteiger partial charge in [0.15, 0.2) is 0 Å². The summed E-state index contributed by atoms with van der Waals surface area (Å²) in [6, 6.07) is 2.77. The number of alkyl halides is 3. The fraction of sp³-hybridized carbons (Fsp3) is 0.467. The third kappa shape index (κ3) is 3.94. The minimum Gasteiger partial charge on any atom is -0.493 e. The number of fused-ring (bicyclic) bond motifs is 1. The van der Waals surface area contributed by atoms with Crippen molar-refractivity contribution in [3.63, 3.8) is 0 Å². The predicted molar refractivity (Wildman–Crippen MR) is 76.9 cm³/mol. The van der Waals surface area contributed by atoms with Crippen LogP contribution in [0.25, 0.3) is 10.9 Å². The number of ether oxygens (including phenoxy) is 1. The van der Waals surface area contributed by atoms with E-state index in [4.69, 9.17) is 10.5 Å². The van der Waals surface area contributed by atoms with Crippen molar-refractivity contribution >= 4 is 16.8 Å². The summed E-state index contributed by atoms with van der Waals surface area (Å²) in [5.41, 5.74) is 5.78. The van der Waals surface area contributed by atoms with Crippen LogP contribution in [0.3, 0.4) is 0 Å². The van der Waals surface area contributed by atoms with Crippen LogP contribution in [-0.4, -0.2) is 17.7 Å². The van der Waals surface area contributed by atoms with Crippen molar-refractivity contribution < 1.29 is 27.2 Å². The van der Waals surface area contributed by atoms with Crippen LogP contribution in [0.4, 0.5) is 13.2 Å². The minimum absolute atomic E-state index is 0.0783. The lowest BCUT2D eigenvalue weighted by molar-refractivity contribution is -0.154. The van der Waals surface area contributed by atoms with E-state index >= 15 is 0 Å². The second-order valence-corrected chi connectivity index (χ2v) is 5.12. The molecule has 0 aliphatic carbocycles. The molecule has 0 atom stereocenters. The van der Waals surface area contributed by atoms with Gasteiger partial charge in [-0.05, 0) is 25.0 Å². The number of nitrogens with two attached hydrogens (primary N) is 1. The van der Waals surface area contributed by atoms with Gasteiger partial charge in [-0.2, -0.15) is 13.2 Å². The average molecular weight is 330 g/mol. The molecule has 0 spiro atoms. The lowest BCUT2D eigenvalue weighted by atomic mass is 10.0. The Balaban J connectivity index is 2.31. The highest BCUT2D eigenvalue weighted by Crippen LogP contribution is 2.38. The molecule has 0 radical (unpaired) electrons. The Morgan fingerprint density at radius 2 is 2.13 bits per heavy atom. The summed E-state index contributed by atoms with van der Waals surface area (Å²) in [4.78, 5) is 10.7. The molecule has 2 N–H and O–H groups in total. The van der Waals surface area contributed by atoms with E-state index in [1.807, 2.05) is 6.92 Å². The van der Waals surface area contributed by atoms with Crippen LogP contribution in [0.1, 0.15) is 37.5 Å². The number of aromatic nitrogens is 1. The summed E-state index contributed by atoms with van der Waals surface area (Å²) in [5, 5.41) is 3.49. The zero-order chi connectivity index (χ0) is 17.0. The van der Waals surface area contributed by atoms with Gasteiger partial charge in [-0.1, -0.05) is 18.5 Å². The normalized spacial score (nSPS) is 11.8. The fourth-order valence-electron chi connectivity index (χ4n) is 2.31. The van der Waals surface area contributed by atoms with Gasteiger partial charge in [-0.15, -0.1) is 0 Å². The number of nitrogens with zero attached hydrogens (tertiary/aromatic N) is 1. The molecule has 0 aliphatic rings. The Hall–Kier alpha value is -2.25. The summed E-state index contributed by atoms with van der Waals surface area (Å²) in [5.74, 6) is -1.08. The van der Waals surface area contributed by atoms with Crippen molar-refractivity contribution in [1.29, 1.82) is 0 Å². The van der Waals surface area contributed by atoms with Crippen LogP contribution in [0, 0.1) is 0 Å². The number of rotatable bonds is 7. The van der Waals surface area contributed by atoms with E-state index in [2.05, 4.69) is 9.68 Å². The number of aryl methyl sites for hydroxylation is 1. The monoisotopic (exact) mass is 330 g/mol. The van der Waals surface area contributed by atoms with Crippen LogP contribution in [0.2, 0.25) is 0 Å². The molecule has 0 saturated carbocycles. The first-order valence-electron chi connectivity index (χ1n) is 7.24. The van der Waals surface area contributed by atoms with Crippen LogP contribution in [-0.2, 0) is 17.4 Å². The maximum absolute atomic E-state index is 12.9. The molecule has 1 amide bonds. The molecule has 5 nitrogen and oxygen atoms in total. The topological polar surface area (TPSA) is 78.4 Å². The number of benzene rings is 1. The molecular weight excluding hydrogens is 313 g/mol. The van der Waals surface area contributed by atoms with Gasteiger partial charge >= 0.3 is 6.18 Å². The average Bonchev–Trinajstić information content (AvgIpc) is 2.89. The van der Waals surface area contributed by atoms with Crippen LogP contribution < -0.4 is 10.5 Å². The lowest BCUT2D eigenvalue weighted by Crippen LogP contribution is -2.12. The minimum atomic E-state index is -4.60. The SMILES string of the molecule is CCCc1c(OCCCC(N)=O)ccc2c(C(F)(F)F)onc12. The zero-order valence-electron chi connectivity index (χ0n) is 12.6. The van der Waals surface area contributed by atoms with E-state index in [1.165, 1.54) is 12.1 Å². The first-order valence-corrected chi connectivity index (χ1v) is 7.24. The van der Waals surface area contributed by atoms with E-state index in [0.29, 0.717) is 30.6 Å². The predicted octanol–water partition coefficient (Wildman–Crippen LogP) is 3.44. The number of halogens is 3. The van der Waals surface area contributed by atoms with Gasteiger partial charge in [0.1, 0.15) is 11.3 Å². The molecule has 23 heavy (non-hydrogen) atoms. The standard InChI is InChI=1S/C15H17F3N2O3/c1-2-4-9-11(22-8-3-5-12(19)21)7-6-10-13(9)20-23-14(10)15(16,17)18/h6-7H,2-5,8H2,1H3,(H2,19,21). The van der Waals surface area contributed by atoms with Gasteiger partial charge in [0.25, 0.3) is 0 Å². The molecule has 1 heterocycles. The number of hydrogen-bond acceptors (Lipinski definition) is 4. The highest BCUT2D eigenvalue weighted by atomic mass is 19.4. The lowest BCUT2D eigenvalue weighted by Gasteiger charge is -2.11. The first-order chi connectivity index (χ1) is 10.8. The zero-order valence-corrected chi connectivity index (χ0v) is 12.6. The fourth-order valence-corrected chi connectivity index (χ4v) is 2.31. The molecule has 2 aromatic rings. The van der Waals surface area contributed by atoms with E-state index in [-0.39, 0.29) is 23.9 Å². The van der Waals surface area contributed by atoms with Crippen molar-refractivity contribution in [2.24, 2.45) is 5.73 Å². The second kappa shape index (κ2) is 6.89. The maximum Gasteiger partial charge on any atom is 0.453 e. The van der Waals surface area contributed by atoms with E-state index in [1.54, 1.807) is 0 Å². The number of carbonyl (C=O) groups excluding carboxylic acids is 1.